The molecule has 0 spiro atoms. The van der Waals surface area contributed by atoms with Crippen molar-refractivity contribution in [2.24, 2.45) is 0 Å². The minimum Gasteiger partial charge on any atom is -0.466 e. The number of halogens is 3. The lowest BCUT2D eigenvalue weighted by Crippen LogP contribution is -2.29. The summed E-state index contributed by atoms with van der Waals surface area (Å²) < 4.78 is 44.2. The Morgan fingerprint density at radius 3 is 2.41 bits per heavy atom. The maximum atomic E-state index is 12.9. The SMILES string of the molecule is Cc1cc([C@H](C)NC(=O)c2ccccc2C(F)(F)F)c(C)o1. The molecule has 1 N–H and O–H groups in total. The van der Waals surface area contributed by atoms with E-state index >= 15 is 0 Å². The van der Waals surface area contributed by atoms with Gasteiger partial charge in [0.25, 0.3) is 5.91 Å². The van der Waals surface area contributed by atoms with Crippen molar-refractivity contribution in [3.05, 3.63) is 58.5 Å². The standard InChI is InChI=1S/C16H16F3NO2/c1-9-8-13(11(3)22-9)10(2)20-15(21)12-6-4-5-7-14(12)16(17,18)19/h4-8,10H,1-3H3,(H,20,21)/t10-/m0/s1. The minimum atomic E-state index is -4.57. The first-order chi connectivity index (χ1) is 10.2. The molecule has 0 aliphatic carbocycles. The van der Waals surface area contributed by atoms with Crippen LogP contribution in [-0.4, -0.2) is 5.91 Å². The molecule has 1 amide bonds. The van der Waals surface area contributed by atoms with Crippen LogP contribution in [0.2, 0.25) is 0 Å². The normalized spacial score (nSPS) is 13.0. The van der Waals surface area contributed by atoms with Crippen LogP contribution in [-0.2, 0) is 6.18 Å². The summed E-state index contributed by atoms with van der Waals surface area (Å²) in [6.45, 7) is 5.21. The summed E-state index contributed by atoms with van der Waals surface area (Å²) in [7, 11) is 0. The Morgan fingerprint density at radius 1 is 1.23 bits per heavy atom. The highest BCUT2D eigenvalue weighted by Gasteiger charge is 2.35. The minimum absolute atomic E-state index is 0.389. The summed E-state index contributed by atoms with van der Waals surface area (Å²) in [5.41, 5.74) is -0.588. The molecule has 1 atom stereocenters. The van der Waals surface area contributed by atoms with E-state index in [1.807, 2.05) is 0 Å². The van der Waals surface area contributed by atoms with E-state index in [-0.39, 0.29) is 5.56 Å². The molecule has 1 heterocycles. The first-order valence-electron chi connectivity index (χ1n) is 6.74. The average Bonchev–Trinajstić information content (AvgIpc) is 2.76. The molecule has 118 valence electrons. The molecule has 3 nitrogen and oxygen atoms in total. The summed E-state index contributed by atoms with van der Waals surface area (Å²) in [4.78, 5) is 12.2. The Hall–Kier alpha value is -2.24. The van der Waals surface area contributed by atoms with Crippen LogP contribution in [0.25, 0.3) is 0 Å². The topological polar surface area (TPSA) is 42.2 Å². The Labute approximate surface area is 126 Å². The van der Waals surface area contributed by atoms with Gasteiger partial charge in [-0.25, -0.2) is 0 Å². The molecule has 2 rings (SSSR count). The second-order valence-electron chi connectivity index (χ2n) is 5.11. The van der Waals surface area contributed by atoms with Gasteiger partial charge in [0.1, 0.15) is 11.5 Å². The van der Waals surface area contributed by atoms with E-state index in [4.69, 9.17) is 4.42 Å². The molecule has 1 aromatic heterocycles. The van der Waals surface area contributed by atoms with Gasteiger partial charge < -0.3 is 9.73 Å². The Bertz CT molecular complexity index is 689. The first-order valence-corrected chi connectivity index (χ1v) is 6.74. The van der Waals surface area contributed by atoms with Crippen molar-refractivity contribution in [3.8, 4) is 0 Å². The van der Waals surface area contributed by atoms with E-state index in [2.05, 4.69) is 5.32 Å². The quantitative estimate of drug-likeness (QED) is 0.912. The van der Waals surface area contributed by atoms with Gasteiger partial charge in [-0.2, -0.15) is 13.2 Å². The van der Waals surface area contributed by atoms with E-state index in [1.54, 1.807) is 26.8 Å². The summed E-state index contributed by atoms with van der Waals surface area (Å²) in [6.07, 6.45) is -4.57. The largest absolute Gasteiger partial charge is 0.466 e. The lowest BCUT2D eigenvalue weighted by molar-refractivity contribution is -0.137. The smallest absolute Gasteiger partial charge is 0.417 e. The van der Waals surface area contributed by atoms with Crippen molar-refractivity contribution in [2.45, 2.75) is 33.0 Å². The van der Waals surface area contributed by atoms with E-state index in [9.17, 15) is 18.0 Å². The van der Waals surface area contributed by atoms with Crippen LogP contribution >= 0.6 is 0 Å². The molecule has 0 saturated heterocycles. The highest BCUT2D eigenvalue weighted by molar-refractivity contribution is 5.96. The zero-order chi connectivity index (χ0) is 16.5. The number of aryl methyl sites for hydroxylation is 2. The molecule has 22 heavy (non-hydrogen) atoms. The summed E-state index contributed by atoms with van der Waals surface area (Å²) in [5, 5.41) is 2.58. The number of hydrogen-bond acceptors (Lipinski definition) is 2. The van der Waals surface area contributed by atoms with Crippen LogP contribution in [0.3, 0.4) is 0 Å². The van der Waals surface area contributed by atoms with Gasteiger partial charge in [0.15, 0.2) is 0 Å². The van der Waals surface area contributed by atoms with Gasteiger partial charge in [-0.1, -0.05) is 12.1 Å². The Balaban J connectivity index is 2.25. The fraction of sp³-hybridized carbons (Fsp3) is 0.312. The zero-order valence-corrected chi connectivity index (χ0v) is 12.4. The number of furan rings is 1. The van der Waals surface area contributed by atoms with Gasteiger partial charge in [-0.05, 0) is 39.0 Å². The van der Waals surface area contributed by atoms with E-state index in [0.717, 1.165) is 11.6 Å². The number of hydrogen-bond donors (Lipinski definition) is 1. The van der Waals surface area contributed by atoms with Crippen LogP contribution < -0.4 is 5.32 Å². The Morgan fingerprint density at radius 2 is 1.86 bits per heavy atom. The third-order valence-electron chi connectivity index (χ3n) is 3.37. The van der Waals surface area contributed by atoms with E-state index in [0.29, 0.717) is 11.5 Å². The Kier molecular flexibility index (Phi) is 4.30. The predicted octanol–water partition coefficient (Wildman–Crippen LogP) is 4.41. The molecule has 0 bridgehead atoms. The fourth-order valence-corrected chi connectivity index (χ4v) is 2.36. The lowest BCUT2D eigenvalue weighted by atomic mass is 10.0. The van der Waals surface area contributed by atoms with Crippen LogP contribution in [0.4, 0.5) is 13.2 Å². The van der Waals surface area contributed by atoms with E-state index < -0.39 is 23.7 Å². The van der Waals surface area contributed by atoms with E-state index in [1.165, 1.54) is 18.2 Å². The highest BCUT2D eigenvalue weighted by Crippen LogP contribution is 2.32. The molecule has 0 aliphatic heterocycles. The predicted molar refractivity (Wildman–Crippen MR) is 75.5 cm³/mol. The van der Waals surface area contributed by atoms with Crippen LogP contribution in [0.1, 0.15) is 46.0 Å². The molecule has 2 aromatic rings. The lowest BCUT2D eigenvalue weighted by Gasteiger charge is -2.16. The van der Waals surface area contributed by atoms with Crippen LogP contribution in [0.5, 0.6) is 0 Å². The number of nitrogens with one attached hydrogen (secondary N) is 1. The van der Waals surface area contributed by atoms with Crippen molar-refractivity contribution < 1.29 is 22.4 Å². The van der Waals surface area contributed by atoms with Gasteiger partial charge >= 0.3 is 6.18 Å². The monoisotopic (exact) mass is 311 g/mol. The summed E-state index contributed by atoms with van der Waals surface area (Å²) in [5.74, 6) is 0.553. The van der Waals surface area contributed by atoms with Crippen LogP contribution in [0.15, 0.2) is 34.7 Å². The molecule has 0 radical (unpaired) electrons. The number of carbonyl (C=O) groups excluding carboxylic acids is 1. The highest BCUT2D eigenvalue weighted by atomic mass is 19.4. The zero-order valence-electron chi connectivity index (χ0n) is 12.4. The fourth-order valence-electron chi connectivity index (χ4n) is 2.36. The summed E-state index contributed by atoms with van der Waals surface area (Å²) in [6, 6.07) is 6.03. The molecule has 0 fully saturated rings. The molecule has 0 aliphatic rings. The number of carbonyl (C=O) groups is 1. The number of alkyl halides is 3. The van der Waals surface area contributed by atoms with Gasteiger partial charge in [0, 0.05) is 5.56 Å². The molecule has 6 heteroatoms. The second kappa shape index (κ2) is 5.87. The van der Waals surface area contributed by atoms with Crippen LogP contribution in [0, 0.1) is 13.8 Å². The molecular weight excluding hydrogens is 295 g/mol. The second-order valence-corrected chi connectivity index (χ2v) is 5.11. The van der Waals surface area contributed by atoms with Crippen molar-refractivity contribution in [1.82, 2.24) is 5.32 Å². The van der Waals surface area contributed by atoms with Gasteiger partial charge in [-0.3, -0.25) is 4.79 Å². The average molecular weight is 311 g/mol. The first kappa shape index (κ1) is 16.1. The van der Waals surface area contributed by atoms with Crippen molar-refractivity contribution >= 4 is 5.91 Å². The van der Waals surface area contributed by atoms with Gasteiger partial charge in [-0.15, -0.1) is 0 Å². The molecular formula is C16H16F3NO2. The third-order valence-corrected chi connectivity index (χ3v) is 3.37. The number of rotatable bonds is 3. The summed E-state index contributed by atoms with van der Waals surface area (Å²) >= 11 is 0. The molecule has 1 aromatic carbocycles. The number of amides is 1. The van der Waals surface area contributed by atoms with Crippen molar-refractivity contribution in [1.29, 1.82) is 0 Å². The maximum absolute atomic E-state index is 12.9. The molecule has 0 saturated carbocycles. The van der Waals surface area contributed by atoms with Gasteiger partial charge in [0.2, 0.25) is 0 Å². The van der Waals surface area contributed by atoms with Gasteiger partial charge in [0.05, 0.1) is 17.2 Å². The van der Waals surface area contributed by atoms with Crippen molar-refractivity contribution in [3.63, 3.8) is 0 Å². The maximum Gasteiger partial charge on any atom is 0.417 e. The van der Waals surface area contributed by atoms with Crippen molar-refractivity contribution in [2.75, 3.05) is 0 Å². The third kappa shape index (κ3) is 3.32. The molecule has 0 unspecified atom stereocenters. The number of benzene rings is 1.